The Morgan fingerprint density at radius 3 is 3.00 bits per heavy atom. The Balaban J connectivity index is 2.30. The van der Waals surface area contributed by atoms with Crippen LogP contribution >= 0.6 is 0 Å². The molecule has 1 heterocycles. The lowest BCUT2D eigenvalue weighted by atomic mass is 10.5. The summed E-state index contributed by atoms with van der Waals surface area (Å²) in [6.07, 6.45) is 3.08. The third-order valence-electron chi connectivity index (χ3n) is 1.74. The van der Waals surface area contributed by atoms with Crippen molar-refractivity contribution in [1.29, 1.82) is 0 Å². The summed E-state index contributed by atoms with van der Waals surface area (Å²) in [6.45, 7) is 2.80. The highest BCUT2D eigenvalue weighted by atomic mass is 32.2. The molecule has 1 aromatic rings. The number of imidazole rings is 1. The van der Waals surface area contributed by atoms with E-state index in [4.69, 9.17) is 4.74 Å². The second-order valence-electron chi connectivity index (χ2n) is 2.91. The number of nitrogens with one attached hydrogen (secondary N) is 2. The smallest absolute Gasteiger partial charge is 0.214 e. The number of aromatic nitrogens is 2. The van der Waals surface area contributed by atoms with E-state index in [1.165, 1.54) is 6.33 Å². The molecule has 0 radical (unpaired) electrons. The van der Waals surface area contributed by atoms with Crippen molar-refractivity contribution in [1.82, 2.24) is 14.7 Å². The van der Waals surface area contributed by atoms with E-state index in [-0.39, 0.29) is 18.9 Å². The normalized spacial score (nSPS) is 11.8. The predicted octanol–water partition coefficient (Wildman–Crippen LogP) is -0.134. The first kappa shape index (κ1) is 12.2. The van der Waals surface area contributed by atoms with Gasteiger partial charge in [0.15, 0.2) is 0 Å². The molecule has 2 N–H and O–H groups in total. The number of nitrogens with zero attached hydrogens (tertiary/aromatic N) is 1. The molecule has 0 bridgehead atoms. The zero-order valence-corrected chi connectivity index (χ0v) is 9.38. The van der Waals surface area contributed by atoms with Crippen LogP contribution in [0.15, 0.2) is 12.5 Å². The van der Waals surface area contributed by atoms with Crippen molar-refractivity contribution in [2.24, 2.45) is 0 Å². The highest BCUT2D eigenvalue weighted by Crippen LogP contribution is 1.93. The van der Waals surface area contributed by atoms with Gasteiger partial charge in [-0.2, -0.15) is 0 Å². The van der Waals surface area contributed by atoms with E-state index in [0.29, 0.717) is 6.61 Å². The lowest BCUT2D eigenvalue weighted by molar-refractivity contribution is 0.163. The molecule has 0 atom stereocenters. The van der Waals surface area contributed by atoms with Crippen LogP contribution in [-0.4, -0.2) is 37.4 Å². The van der Waals surface area contributed by atoms with Crippen molar-refractivity contribution in [2.75, 3.05) is 19.0 Å². The number of H-pyrrole nitrogens is 1. The van der Waals surface area contributed by atoms with Gasteiger partial charge in [-0.1, -0.05) is 0 Å². The van der Waals surface area contributed by atoms with Crippen LogP contribution in [0.3, 0.4) is 0 Å². The molecule has 0 amide bonds. The fraction of sp³-hybridized carbons (Fsp3) is 0.625. The van der Waals surface area contributed by atoms with Gasteiger partial charge in [0.2, 0.25) is 10.0 Å². The predicted molar refractivity (Wildman–Crippen MR) is 55.7 cm³/mol. The SMILES string of the molecule is CCOCCS(=O)(=O)NCc1cnc[nH]1. The van der Waals surface area contributed by atoms with Gasteiger partial charge >= 0.3 is 0 Å². The van der Waals surface area contributed by atoms with E-state index >= 15 is 0 Å². The molecule has 0 saturated carbocycles. The summed E-state index contributed by atoms with van der Waals surface area (Å²) in [7, 11) is -3.25. The van der Waals surface area contributed by atoms with Gasteiger partial charge in [-0.25, -0.2) is 18.1 Å². The van der Waals surface area contributed by atoms with Crippen LogP contribution in [0.4, 0.5) is 0 Å². The number of aromatic amines is 1. The molecule has 0 aliphatic heterocycles. The standard InChI is InChI=1S/C8H15N3O3S/c1-2-14-3-4-15(12,13)11-6-8-5-9-7-10-8/h5,7,11H,2-4,6H2,1H3,(H,9,10). The van der Waals surface area contributed by atoms with E-state index in [2.05, 4.69) is 14.7 Å². The van der Waals surface area contributed by atoms with Crippen molar-refractivity contribution in [2.45, 2.75) is 13.5 Å². The van der Waals surface area contributed by atoms with Gasteiger partial charge in [0.1, 0.15) is 0 Å². The minimum Gasteiger partial charge on any atom is -0.381 e. The minimum atomic E-state index is -3.25. The van der Waals surface area contributed by atoms with Gasteiger partial charge in [0.05, 0.1) is 25.2 Å². The molecule has 15 heavy (non-hydrogen) atoms. The van der Waals surface area contributed by atoms with Gasteiger partial charge in [0.25, 0.3) is 0 Å². The van der Waals surface area contributed by atoms with Crippen molar-refractivity contribution in [3.05, 3.63) is 18.2 Å². The molecular formula is C8H15N3O3S. The summed E-state index contributed by atoms with van der Waals surface area (Å²) >= 11 is 0. The number of hydrogen-bond acceptors (Lipinski definition) is 4. The second-order valence-corrected chi connectivity index (χ2v) is 4.84. The molecule has 6 nitrogen and oxygen atoms in total. The average molecular weight is 233 g/mol. The lowest BCUT2D eigenvalue weighted by Gasteiger charge is -2.05. The summed E-state index contributed by atoms with van der Waals surface area (Å²) in [5.74, 6) is -0.0189. The molecule has 0 unspecified atom stereocenters. The molecule has 0 aliphatic carbocycles. The summed E-state index contributed by atoms with van der Waals surface area (Å²) in [5.41, 5.74) is 0.731. The molecule has 0 aromatic carbocycles. The molecule has 86 valence electrons. The van der Waals surface area contributed by atoms with E-state index < -0.39 is 10.0 Å². The molecular weight excluding hydrogens is 218 g/mol. The third kappa shape index (κ3) is 4.91. The van der Waals surface area contributed by atoms with Crippen LogP contribution in [0, 0.1) is 0 Å². The van der Waals surface area contributed by atoms with Crippen molar-refractivity contribution < 1.29 is 13.2 Å². The molecule has 0 saturated heterocycles. The Kier molecular flexibility index (Phi) is 4.73. The fourth-order valence-corrected chi connectivity index (χ4v) is 1.81. The molecule has 1 rings (SSSR count). The highest BCUT2D eigenvalue weighted by molar-refractivity contribution is 7.89. The van der Waals surface area contributed by atoms with Crippen LogP contribution in [-0.2, 0) is 21.3 Å². The van der Waals surface area contributed by atoms with Gasteiger partial charge in [-0.3, -0.25) is 0 Å². The Labute approximate surface area is 89.1 Å². The number of rotatable bonds is 7. The van der Waals surface area contributed by atoms with Crippen molar-refractivity contribution in [3.8, 4) is 0 Å². The van der Waals surface area contributed by atoms with Crippen LogP contribution in [0.25, 0.3) is 0 Å². The molecule has 1 aromatic heterocycles. The van der Waals surface area contributed by atoms with Crippen LogP contribution in [0.1, 0.15) is 12.6 Å². The summed E-state index contributed by atoms with van der Waals surface area (Å²) in [6, 6.07) is 0. The average Bonchev–Trinajstić information content (AvgIpc) is 2.68. The van der Waals surface area contributed by atoms with Gasteiger partial charge in [-0.15, -0.1) is 0 Å². The van der Waals surface area contributed by atoms with Crippen molar-refractivity contribution in [3.63, 3.8) is 0 Å². The number of hydrogen-bond donors (Lipinski definition) is 2. The molecule has 0 fully saturated rings. The summed E-state index contributed by atoms with van der Waals surface area (Å²) in [4.78, 5) is 6.59. The van der Waals surface area contributed by atoms with E-state index in [1.807, 2.05) is 6.92 Å². The molecule has 7 heteroatoms. The van der Waals surface area contributed by atoms with E-state index in [0.717, 1.165) is 5.69 Å². The third-order valence-corrected chi connectivity index (χ3v) is 3.03. The topological polar surface area (TPSA) is 84.1 Å². The zero-order chi connectivity index (χ0) is 11.1. The monoisotopic (exact) mass is 233 g/mol. The first-order valence-electron chi connectivity index (χ1n) is 4.66. The second kappa shape index (κ2) is 5.84. The first-order valence-corrected chi connectivity index (χ1v) is 6.31. The summed E-state index contributed by atoms with van der Waals surface area (Å²) in [5, 5.41) is 0. The van der Waals surface area contributed by atoms with Crippen molar-refractivity contribution >= 4 is 10.0 Å². The Hall–Kier alpha value is -0.920. The lowest BCUT2D eigenvalue weighted by Crippen LogP contribution is -2.28. The highest BCUT2D eigenvalue weighted by Gasteiger charge is 2.09. The number of sulfonamides is 1. The van der Waals surface area contributed by atoms with Gasteiger partial charge in [0, 0.05) is 18.5 Å². The van der Waals surface area contributed by atoms with Crippen LogP contribution in [0.5, 0.6) is 0 Å². The Bertz CT molecular complexity index is 360. The fourth-order valence-electron chi connectivity index (χ4n) is 0.954. The summed E-state index contributed by atoms with van der Waals surface area (Å²) < 4.78 is 30.2. The maximum Gasteiger partial charge on any atom is 0.214 e. The zero-order valence-electron chi connectivity index (χ0n) is 8.56. The quantitative estimate of drug-likeness (QED) is 0.642. The minimum absolute atomic E-state index is 0.0189. The molecule has 0 aliphatic rings. The maximum atomic E-state index is 11.4. The van der Waals surface area contributed by atoms with Gasteiger partial charge in [-0.05, 0) is 6.92 Å². The van der Waals surface area contributed by atoms with Gasteiger partial charge < -0.3 is 9.72 Å². The van der Waals surface area contributed by atoms with Crippen LogP contribution < -0.4 is 4.72 Å². The van der Waals surface area contributed by atoms with E-state index in [9.17, 15) is 8.42 Å². The maximum absolute atomic E-state index is 11.4. The Morgan fingerprint density at radius 1 is 1.60 bits per heavy atom. The number of ether oxygens (including phenoxy) is 1. The van der Waals surface area contributed by atoms with Crippen LogP contribution in [0.2, 0.25) is 0 Å². The van der Waals surface area contributed by atoms with E-state index in [1.54, 1.807) is 6.20 Å². The molecule has 0 spiro atoms. The Morgan fingerprint density at radius 2 is 2.40 bits per heavy atom. The largest absolute Gasteiger partial charge is 0.381 e. The first-order chi connectivity index (χ1) is 7.14.